The van der Waals surface area contributed by atoms with Gasteiger partial charge in [-0.05, 0) is 47.6 Å². The van der Waals surface area contributed by atoms with Crippen molar-refractivity contribution >= 4 is 11.9 Å². The minimum absolute atomic E-state index is 0.152. The van der Waals surface area contributed by atoms with Gasteiger partial charge >= 0.3 is 5.97 Å². The van der Waals surface area contributed by atoms with Gasteiger partial charge in [0.2, 0.25) is 0 Å². The van der Waals surface area contributed by atoms with Crippen molar-refractivity contribution in [2.75, 3.05) is 0 Å². The Balaban J connectivity index is 2.90. The molecule has 1 saturated heterocycles. The van der Waals surface area contributed by atoms with Crippen LogP contribution in [0.4, 0.5) is 0 Å². The van der Waals surface area contributed by atoms with Crippen LogP contribution >= 0.6 is 0 Å². The third-order valence-corrected chi connectivity index (χ3v) is 3.83. The molecule has 0 saturated carbocycles. The summed E-state index contributed by atoms with van der Waals surface area (Å²) in [7, 11) is 0. The second-order valence-electron chi connectivity index (χ2n) is 7.15. The van der Waals surface area contributed by atoms with E-state index in [9.17, 15) is 9.59 Å². The first-order valence-electron chi connectivity index (χ1n) is 7.60. The minimum atomic E-state index is -0.358. The lowest BCUT2D eigenvalue weighted by molar-refractivity contribution is -0.164. The quantitative estimate of drug-likeness (QED) is 0.641. The fourth-order valence-electron chi connectivity index (χ4n) is 3.13. The number of rotatable bonds is 4. The molecule has 1 heterocycles. The number of hydrazine groups is 1. The van der Waals surface area contributed by atoms with Crippen molar-refractivity contribution in [3.8, 4) is 0 Å². The number of ether oxygens (including phenoxy) is 1. The summed E-state index contributed by atoms with van der Waals surface area (Å²) in [6.07, 6.45) is 4.30. The highest BCUT2D eigenvalue weighted by molar-refractivity contribution is 5.87. The molecule has 1 N–H and O–H groups in total. The van der Waals surface area contributed by atoms with Gasteiger partial charge in [-0.2, -0.15) is 0 Å². The molecule has 0 spiro atoms. The average Bonchev–Trinajstić information content (AvgIpc) is 2.33. The molecular weight excluding hydrogens is 280 g/mol. The highest BCUT2D eigenvalue weighted by atomic mass is 16.5. The van der Waals surface area contributed by atoms with Crippen LogP contribution in [0.1, 0.15) is 54.4 Å². The van der Waals surface area contributed by atoms with Gasteiger partial charge in [0, 0.05) is 29.5 Å². The van der Waals surface area contributed by atoms with Crippen molar-refractivity contribution in [1.82, 2.24) is 10.4 Å². The van der Waals surface area contributed by atoms with E-state index in [0.717, 1.165) is 0 Å². The number of carbonyl (C=O) groups is 2. The number of nitrogens with one attached hydrogen (secondary N) is 1. The molecule has 0 aromatic carbocycles. The first-order chi connectivity index (χ1) is 9.99. The van der Waals surface area contributed by atoms with Crippen LogP contribution in [0.25, 0.3) is 0 Å². The molecule has 1 fully saturated rings. The first kappa shape index (κ1) is 18.4. The van der Waals surface area contributed by atoms with Crippen molar-refractivity contribution in [2.24, 2.45) is 0 Å². The Kier molecular flexibility index (Phi) is 5.57. The van der Waals surface area contributed by atoms with Crippen LogP contribution in [0, 0.1) is 0 Å². The fraction of sp³-hybridized carbons (Fsp3) is 0.647. The zero-order chi connectivity index (χ0) is 17.1. The van der Waals surface area contributed by atoms with E-state index in [2.05, 4.69) is 12.0 Å². The predicted molar refractivity (Wildman–Crippen MR) is 86.9 cm³/mol. The molecule has 0 aromatic heterocycles. The van der Waals surface area contributed by atoms with E-state index in [0.29, 0.717) is 18.4 Å². The molecule has 0 radical (unpaired) electrons. The largest absolute Gasteiger partial charge is 0.459 e. The van der Waals surface area contributed by atoms with Crippen molar-refractivity contribution in [3.05, 3.63) is 24.3 Å². The van der Waals surface area contributed by atoms with Crippen LogP contribution in [0.2, 0.25) is 0 Å². The van der Waals surface area contributed by atoms with E-state index in [1.807, 2.05) is 32.7 Å². The molecule has 124 valence electrons. The fourth-order valence-corrected chi connectivity index (χ4v) is 3.13. The highest BCUT2D eigenvalue weighted by Gasteiger charge is 2.47. The number of amides is 1. The summed E-state index contributed by atoms with van der Waals surface area (Å²) in [5, 5.41) is 1.97. The SMILES string of the molecule is C=C(C)C(=O)OC1CC(C)(C)N(NC(=O)/C=C/C)C(C)(C)C1. The number of carbonyl (C=O) groups excluding carboxylic acids is 2. The maximum absolute atomic E-state index is 11.9. The predicted octanol–water partition coefficient (Wildman–Crippen LogP) is 2.73. The van der Waals surface area contributed by atoms with E-state index in [4.69, 9.17) is 4.74 Å². The Morgan fingerprint density at radius 1 is 1.23 bits per heavy atom. The van der Waals surface area contributed by atoms with Crippen LogP contribution < -0.4 is 5.43 Å². The Hall–Kier alpha value is -1.62. The number of nitrogens with zero attached hydrogens (tertiary/aromatic N) is 1. The number of allylic oxidation sites excluding steroid dienone is 1. The van der Waals surface area contributed by atoms with Gasteiger partial charge in [-0.25, -0.2) is 9.80 Å². The summed E-state index contributed by atoms with van der Waals surface area (Å²) in [5.74, 6) is -0.510. The molecule has 0 aromatic rings. The second kappa shape index (κ2) is 6.65. The summed E-state index contributed by atoms with van der Waals surface area (Å²) < 4.78 is 5.53. The number of hydrogen-bond acceptors (Lipinski definition) is 4. The van der Waals surface area contributed by atoms with Crippen LogP contribution in [0.15, 0.2) is 24.3 Å². The summed E-state index contributed by atoms with van der Waals surface area (Å²) in [4.78, 5) is 23.7. The molecule has 1 aliphatic heterocycles. The summed E-state index contributed by atoms with van der Waals surface area (Å²) >= 11 is 0. The standard InChI is InChI=1S/C17H28N2O3/c1-8-9-14(20)18-19-16(4,5)10-13(11-17(19,6)7)22-15(21)12(2)3/h8-9,13H,2,10-11H2,1,3-7H3,(H,18,20)/b9-8+. The summed E-state index contributed by atoms with van der Waals surface area (Å²) in [6.45, 7) is 15.2. The second-order valence-corrected chi connectivity index (χ2v) is 7.15. The van der Waals surface area contributed by atoms with Crippen molar-refractivity contribution in [3.63, 3.8) is 0 Å². The van der Waals surface area contributed by atoms with Gasteiger partial charge in [-0.1, -0.05) is 12.7 Å². The lowest BCUT2D eigenvalue weighted by Gasteiger charge is -2.54. The third kappa shape index (κ3) is 4.44. The molecule has 0 unspecified atom stereocenters. The molecule has 0 atom stereocenters. The molecule has 5 nitrogen and oxygen atoms in total. The molecule has 1 rings (SSSR count). The highest BCUT2D eigenvalue weighted by Crippen LogP contribution is 2.38. The number of esters is 1. The molecule has 0 bridgehead atoms. The molecule has 22 heavy (non-hydrogen) atoms. The monoisotopic (exact) mass is 308 g/mol. The van der Waals surface area contributed by atoms with Crippen LogP contribution in [-0.2, 0) is 14.3 Å². The molecule has 5 heteroatoms. The Bertz CT molecular complexity index is 474. The first-order valence-corrected chi connectivity index (χ1v) is 7.60. The lowest BCUT2D eigenvalue weighted by atomic mass is 9.79. The maximum Gasteiger partial charge on any atom is 0.333 e. The van der Waals surface area contributed by atoms with E-state index >= 15 is 0 Å². The van der Waals surface area contributed by atoms with E-state index < -0.39 is 0 Å². The van der Waals surface area contributed by atoms with Gasteiger partial charge in [0.25, 0.3) is 5.91 Å². The Morgan fingerprint density at radius 3 is 2.14 bits per heavy atom. The summed E-state index contributed by atoms with van der Waals surface area (Å²) in [5.41, 5.74) is 2.68. The smallest absolute Gasteiger partial charge is 0.333 e. The molecular formula is C17H28N2O3. The Labute approximate surface area is 133 Å². The van der Waals surface area contributed by atoms with Crippen LogP contribution in [0.5, 0.6) is 0 Å². The van der Waals surface area contributed by atoms with E-state index in [1.165, 1.54) is 6.08 Å². The summed E-state index contributed by atoms with van der Waals surface area (Å²) in [6, 6.07) is 0. The zero-order valence-electron chi connectivity index (χ0n) is 14.5. The van der Waals surface area contributed by atoms with Crippen LogP contribution in [-0.4, -0.2) is 34.1 Å². The lowest BCUT2D eigenvalue weighted by Crippen LogP contribution is -2.68. The van der Waals surface area contributed by atoms with Crippen molar-refractivity contribution < 1.29 is 14.3 Å². The average molecular weight is 308 g/mol. The zero-order valence-corrected chi connectivity index (χ0v) is 14.5. The maximum atomic E-state index is 11.9. The van der Waals surface area contributed by atoms with Gasteiger partial charge in [0.05, 0.1) is 0 Å². The van der Waals surface area contributed by atoms with Gasteiger partial charge < -0.3 is 4.74 Å². The van der Waals surface area contributed by atoms with E-state index in [1.54, 1.807) is 19.9 Å². The van der Waals surface area contributed by atoms with Gasteiger partial charge in [0.15, 0.2) is 0 Å². The number of piperidine rings is 1. The van der Waals surface area contributed by atoms with Gasteiger partial charge in [-0.15, -0.1) is 0 Å². The van der Waals surface area contributed by atoms with Crippen molar-refractivity contribution in [2.45, 2.75) is 71.6 Å². The molecule has 1 aliphatic rings. The van der Waals surface area contributed by atoms with Crippen LogP contribution in [0.3, 0.4) is 0 Å². The minimum Gasteiger partial charge on any atom is -0.459 e. The Morgan fingerprint density at radius 2 is 1.73 bits per heavy atom. The van der Waals surface area contributed by atoms with E-state index in [-0.39, 0.29) is 29.1 Å². The topological polar surface area (TPSA) is 58.6 Å². The number of hydrogen-bond donors (Lipinski definition) is 1. The van der Waals surface area contributed by atoms with Crippen molar-refractivity contribution in [1.29, 1.82) is 0 Å². The van der Waals surface area contributed by atoms with Gasteiger partial charge in [0.1, 0.15) is 6.10 Å². The molecule has 0 aliphatic carbocycles. The molecule has 1 amide bonds. The van der Waals surface area contributed by atoms with Gasteiger partial charge in [-0.3, -0.25) is 10.2 Å². The normalized spacial score (nSPS) is 21.5. The third-order valence-electron chi connectivity index (χ3n) is 3.83.